The van der Waals surface area contributed by atoms with E-state index < -0.39 is 16.7 Å². The van der Waals surface area contributed by atoms with E-state index in [0.29, 0.717) is 0 Å². The second-order valence-corrected chi connectivity index (χ2v) is 8.22. The van der Waals surface area contributed by atoms with E-state index in [4.69, 9.17) is 0 Å². The van der Waals surface area contributed by atoms with E-state index in [1.807, 2.05) is 62.4 Å². The van der Waals surface area contributed by atoms with Gasteiger partial charge in [0.15, 0.2) is 11.6 Å². The van der Waals surface area contributed by atoms with Crippen LogP contribution in [0.2, 0.25) is 0 Å². The minimum absolute atomic E-state index is 0.0227. The molecule has 0 aliphatic heterocycles. The summed E-state index contributed by atoms with van der Waals surface area (Å²) in [7, 11) is 0. The Kier molecular flexibility index (Phi) is 3.51. The standard InChI is InChI=1S/C26H22O2/c1-17-23(18-9-5-3-6-10-18)26(19-11-7-4-8-12-19)20-13-15-21(22(27)16-14-20)25(26,2)24(17)28/h3-16,20-21H,1-2H3. The highest BCUT2D eigenvalue weighted by molar-refractivity contribution is 6.18. The Balaban J connectivity index is 1.94. The van der Waals surface area contributed by atoms with Gasteiger partial charge in [-0.05, 0) is 35.3 Å². The van der Waals surface area contributed by atoms with Gasteiger partial charge in [-0.1, -0.05) is 85.8 Å². The third kappa shape index (κ3) is 1.83. The van der Waals surface area contributed by atoms with Gasteiger partial charge in [0.2, 0.25) is 0 Å². The van der Waals surface area contributed by atoms with E-state index in [1.54, 1.807) is 6.08 Å². The lowest BCUT2D eigenvalue weighted by Gasteiger charge is -2.52. The molecule has 6 rings (SSSR count). The summed E-state index contributed by atoms with van der Waals surface area (Å²) in [4.78, 5) is 26.8. The summed E-state index contributed by atoms with van der Waals surface area (Å²) >= 11 is 0. The van der Waals surface area contributed by atoms with E-state index in [-0.39, 0.29) is 17.5 Å². The summed E-state index contributed by atoms with van der Waals surface area (Å²) in [6, 6.07) is 20.5. The highest BCUT2D eigenvalue weighted by Crippen LogP contribution is 2.68. The largest absolute Gasteiger partial charge is 0.294 e. The zero-order valence-corrected chi connectivity index (χ0v) is 16.1. The van der Waals surface area contributed by atoms with Crippen molar-refractivity contribution in [3.63, 3.8) is 0 Å². The van der Waals surface area contributed by atoms with Gasteiger partial charge >= 0.3 is 0 Å². The number of rotatable bonds is 2. The Bertz CT molecular complexity index is 1070. The Morgan fingerprint density at radius 3 is 2.14 bits per heavy atom. The first-order valence-electron chi connectivity index (χ1n) is 9.80. The Hall–Kier alpha value is -3.00. The van der Waals surface area contributed by atoms with Crippen molar-refractivity contribution in [2.75, 3.05) is 0 Å². The van der Waals surface area contributed by atoms with Crippen LogP contribution in [-0.4, -0.2) is 11.6 Å². The van der Waals surface area contributed by atoms with Crippen LogP contribution in [0.3, 0.4) is 0 Å². The number of hydrogen-bond donors (Lipinski definition) is 0. The average molecular weight is 366 g/mol. The number of carbonyl (C=O) groups is 2. The molecule has 0 saturated carbocycles. The molecule has 0 radical (unpaired) electrons. The molecule has 4 aliphatic rings. The van der Waals surface area contributed by atoms with Gasteiger partial charge in [-0.3, -0.25) is 9.59 Å². The van der Waals surface area contributed by atoms with Gasteiger partial charge in [0.05, 0.1) is 11.3 Å². The van der Waals surface area contributed by atoms with Crippen molar-refractivity contribution >= 4 is 17.1 Å². The van der Waals surface area contributed by atoms with Crippen LogP contribution in [-0.2, 0) is 15.0 Å². The lowest BCUT2D eigenvalue weighted by molar-refractivity contribution is -0.134. The molecule has 28 heavy (non-hydrogen) atoms. The van der Waals surface area contributed by atoms with E-state index in [1.165, 1.54) is 0 Å². The van der Waals surface area contributed by atoms with Crippen LogP contribution in [0.15, 0.2) is 90.5 Å². The van der Waals surface area contributed by atoms with E-state index in [0.717, 1.165) is 22.3 Å². The number of allylic oxidation sites excluding steroid dienone is 6. The molecule has 0 N–H and O–H groups in total. The molecule has 2 aromatic rings. The van der Waals surface area contributed by atoms with Crippen molar-refractivity contribution in [1.29, 1.82) is 0 Å². The first-order chi connectivity index (χ1) is 13.5. The molecule has 0 saturated heterocycles. The Labute approximate surface area is 165 Å². The lowest BCUT2D eigenvalue weighted by Crippen LogP contribution is -2.55. The quantitative estimate of drug-likeness (QED) is 0.707. The minimum Gasteiger partial charge on any atom is -0.294 e. The second kappa shape index (κ2) is 5.75. The summed E-state index contributed by atoms with van der Waals surface area (Å²) < 4.78 is 0. The zero-order valence-electron chi connectivity index (χ0n) is 16.1. The molecule has 0 fully saturated rings. The third-order valence-electron chi connectivity index (χ3n) is 7.10. The number of Topliss-reactive ketones (excluding diaryl/α,β-unsaturated/α-hetero) is 1. The average Bonchev–Trinajstić information content (AvgIpc) is 2.86. The lowest BCUT2D eigenvalue weighted by atomic mass is 9.47. The fourth-order valence-electron chi connectivity index (χ4n) is 5.98. The normalized spacial score (nSPS) is 33.4. The van der Waals surface area contributed by atoms with E-state index in [2.05, 4.69) is 30.3 Å². The molecular weight excluding hydrogens is 344 g/mol. The maximum absolute atomic E-state index is 13.8. The van der Waals surface area contributed by atoms with Gasteiger partial charge < -0.3 is 0 Å². The molecule has 4 aliphatic carbocycles. The Morgan fingerprint density at radius 2 is 1.46 bits per heavy atom. The number of carbonyl (C=O) groups excluding carboxylic acids is 2. The van der Waals surface area contributed by atoms with Crippen molar-refractivity contribution < 1.29 is 9.59 Å². The van der Waals surface area contributed by atoms with E-state index in [9.17, 15) is 9.59 Å². The van der Waals surface area contributed by atoms with Crippen LogP contribution in [0, 0.1) is 17.3 Å². The predicted molar refractivity (Wildman–Crippen MR) is 111 cm³/mol. The van der Waals surface area contributed by atoms with Gasteiger partial charge in [-0.2, -0.15) is 0 Å². The van der Waals surface area contributed by atoms with Crippen LogP contribution in [0.1, 0.15) is 25.0 Å². The van der Waals surface area contributed by atoms with Gasteiger partial charge in [0, 0.05) is 11.3 Å². The summed E-state index contributed by atoms with van der Waals surface area (Å²) in [5, 5.41) is 0. The van der Waals surface area contributed by atoms with Crippen LogP contribution < -0.4 is 0 Å². The van der Waals surface area contributed by atoms with Crippen molar-refractivity contribution in [2.45, 2.75) is 19.3 Å². The molecule has 2 bridgehead atoms. The van der Waals surface area contributed by atoms with Crippen molar-refractivity contribution in [1.82, 2.24) is 0 Å². The summed E-state index contributed by atoms with van der Waals surface area (Å²) in [6.45, 7) is 3.94. The predicted octanol–water partition coefficient (Wildman–Crippen LogP) is 4.93. The van der Waals surface area contributed by atoms with Crippen LogP contribution in [0.4, 0.5) is 0 Å². The van der Waals surface area contributed by atoms with Gasteiger partial charge in [0.25, 0.3) is 0 Å². The number of ketones is 2. The summed E-state index contributed by atoms with van der Waals surface area (Å²) in [5.41, 5.74) is 2.55. The van der Waals surface area contributed by atoms with Gasteiger partial charge in [-0.15, -0.1) is 0 Å². The monoisotopic (exact) mass is 366 g/mol. The molecule has 2 aromatic carbocycles. The van der Waals surface area contributed by atoms with Crippen molar-refractivity contribution in [2.24, 2.45) is 17.3 Å². The smallest absolute Gasteiger partial charge is 0.167 e. The first-order valence-corrected chi connectivity index (χ1v) is 9.80. The summed E-state index contributed by atoms with van der Waals surface area (Å²) in [6.07, 6.45) is 7.80. The molecule has 0 spiro atoms. The number of hydrogen-bond acceptors (Lipinski definition) is 2. The highest BCUT2D eigenvalue weighted by Gasteiger charge is 2.69. The fraction of sp³-hybridized carbons (Fsp3) is 0.231. The SMILES string of the molecule is CC1=C(c2ccccc2)C2(c3ccccc3)C3C=CC(=O)C(C=C3)C2(C)C1=O. The van der Waals surface area contributed by atoms with Gasteiger partial charge in [0.1, 0.15) is 0 Å². The summed E-state index contributed by atoms with van der Waals surface area (Å²) in [5.74, 6) is -0.397. The number of fused-ring (bicyclic) bond motifs is 1. The van der Waals surface area contributed by atoms with Crippen molar-refractivity contribution in [3.8, 4) is 0 Å². The maximum Gasteiger partial charge on any atom is 0.167 e. The highest BCUT2D eigenvalue weighted by atomic mass is 16.1. The third-order valence-corrected chi connectivity index (χ3v) is 7.10. The molecule has 4 unspecified atom stereocenters. The topological polar surface area (TPSA) is 34.1 Å². The molecular formula is C26H22O2. The Morgan fingerprint density at radius 1 is 0.821 bits per heavy atom. The van der Waals surface area contributed by atoms with Crippen LogP contribution >= 0.6 is 0 Å². The minimum atomic E-state index is -0.844. The van der Waals surface area contributed by atoms with Crippen molar-refractivity contribution in [3.05, 3.63) is 102 Å². The molecule has 0 amide bonds. The van der Waals surface area contributed by atoms with Crippen LogP contribution in [0.5, 0.6) is 0 Å². The molecule has 0 aromatic heterocycles. The zero-order chi connectivity index (χ0) is 19.5. The molecule has 2 nitrogen and oxygen atoms in total. The van der Waals surface area contributed by atoms with Crippen LogP contribution in [0.25, 0.3) is 5.57 Å². The number of benzene rings is 2. The molecule has 138 valence electrons. The second-order valence-electron chi connectivity index (χ2n) is 8.22. The molecule has 0 heterocycles. The van der Waals surface area contributed by atoms with Gasteiger partial charge in [-0.25, -0.2) is 0 Å². The molecule has 2 heteroatoms. The van der Waals surface area contributed by atoms with E-state index >= 15 is 0 Å². The maximum atomic E-state index is 13.8. The fourth-order valence-corrected chi connectivity index (χ4v) is 5.98. The first kappa shape index (κ1) is 17.1. The molecule has 4 atom stereocenters.